The van der Waals surface area contributed by atoms with Gasteiger partial charge in [-0.1, -0.05) is 65.7 Å². The number of benzene rings is 3. The first-order valence-corrected chi connectivity index (χ1v) is 14.7. The monoisotopic (exact) mass is 535 g/mol. The van der Waals surface area contributed by atoms with Crippen molar-refractivity contribution >= 4 is 48.3 Å². The predicted molar refractivity (Wildman–Crippen MR) is 134 cm³/mol. The van der Waals surface area contributed by atoms with E-state index in [2.05, 4.69) is 4.40 Å². The third-order valence-corrected chi connectivity index (χ3v) is 11.6. The van der Waals surface area contributed by atoms with Crippen molar-refractivity contribution in [3.63, 3.8) is 0 Å². The molecule has 3 aromatic carbocycles. The highest BCUT2D eigenvalue weighted by atomic mass is 32.3. The summed E-state index contributed by atoms with van der Waals surface area (Å²) < 4.78 is 71.6. The Morgan fingerprint density at radius 1 is 0.794 bits per heavy atom. The Labute approximate surface area is 206 Å². The Morgan fingerprint density at radius 3 is 1.88 bits per heavy atom. The van der Waals surface area contributed by atoms with Gasteiger partial charge in [-0.3, -0.25) is 0 Å². The lowest BCUT2D eigenvalue weighted by Gasteiger charge is -2.16. The van der Waals surface area contributed by atoms with E-state index >= 15 is 0 Å². The Hall–Kier alpha value is -2.51. The number of nitrogens with zero attached hydrogens (tertiary/aromatic N) is 3. The molecule has 4 rings (SSSR count). The van der Waals surface area contributed by atoms with E-state index in [1.807, 2.05) is 19.9 Å². The Morgan fingerprint density at radius 2 is 1.32 bits per heavy atom. The second kappa shape index (κ2) is 9.62. The molecule has 0 unspecified atom stereocenters. The highest BCUT2D eigenvalue weighted by molar-refractivity contribution is 8.29. The maximum atomic E-state index is 13.4. The van der Waals surface area contributed by atoms with Gasteiger partial charge in [0.2, 0.25) is 16.3 Å². The molecule has 0 amide bonds. The predicted octanol–water partition coefficient (Wildman–Crippen LogP) is 3.78. The zero-order valence-corrected chi connectivity index (χ0v) is 21.5. The van der Waals surface area contributed by atoms with Gasteiger partial charge in [-0.15, -0.1) is 4.40 Å². The number of hydrogen-bond acceptors (Lipinski definition) is 6. The quantitative estimate of drug-likeness (QED) is 0.445. The summed E-state index contributed by atoms with van der Waals surface area (Å²) in [4.78, 5) is -0.0993. The topological polar surface area (TPSA) is 104 Å². The van der Waals surface area contributed by atoms with E-state index in [-0.39, 0.29) is 21.5 Å². The van der Waals surface area contributed by atoms with Crippen LogP contribution in [0.15, 0.2) is 93.1 Å². The maximum Gasteiger partial charge on any atom is 0.284 e. The summed E-state index contributed by atoms with van der Waals surface area (Å²) in [5, 5.41) is -0.196. The van der Waals surface area contributed by atoms with Crippen molar-refractivity contribution < 1.29 is 21.0 Å². The van der Waals surface area contributed by atoms with Crippen molar-refractivity contribution in [2.45, 2.75) is 30.2 Å². The van der Waals surface area contributed by atoms with Crippen LogP contribution in [0, 0.1) is 13.8 Å². The maximum absolute atomic E-state index is 13.4. The fourth-order valence-corrected chi connectivity index (χ4v) is 8.94. The summed E-state index contributed by atoms with van der Waals surface area (Å²) in [7, 11) is -8.39. The average Bonchev–Trinajstić information content (AvgIpc) is 3.10. The van der Waals surface area contributed by atoms with Crippen LogP contribution in [0.3, 0.4) is 0 Å². The van der Waals surface area contributed by atoms with E-state index in [1.165, 1.54) is 24.3 Å². The van der Waals surface area contributed by atoms with Crippen LogP contribution < -0.4 is 0 Å². The standard InChI is InChI=1S/C22H21N3O5S4/c1-17-8-12-20(13-9-17)33(27,28)23-22-24(16-19-6-4-3-5-7-19)32(26)25(31-22)34(29,30)21-14-10-18(2)11-15-21/h3-15H,16H2,1-2H3/t32-/m1/s1. The average molecular weight is 536 g/mol. The van der Waals surface area contributed by atoms with E-state index < -0.39 is 31.2 Å². The summed E-state index contributed by atoms with van der Waals surface area (Å²) in [6.07, 6.45) is 0. The van der Waals surface area contributed by atoms with Crippen LogP contribution in [-0.2, 0) is 37.8 Å². The van der Waals surface area contributed by atoms with Crippen molar-refractivity contribution in [3.8, 4) is 0 Å². The molecule has 178 valence electrons. The largest absolute Gasteiger partial charge is 0.284 e. The van der Waals surface area contributed by atoms with Gasteiger partial charge < -0.3 is 0 Å². The molecule has 1 fully saturated rings. The van der Waals surface area contributed by atoms with Crippen LogP contribution >= 0.6 is 11.9 Å². The van der Waals surface area contributed by atoms with Gasteiger partial charge in [0, 0.05) is 11.9 Å². The molecule has 0 radical (unpaired) electrons. The van der Waals surface area contributed by atoms with Crippen molar-refractivity contribution in [2.24, 2.45) is 4.40 Å². The zero-order valence-electron chi connectivity index (χ0n) is 18.2. The van der Waals surface area contributed by atoms with E-state index in [1.54, 1.807) is 48.5 Å². The van der Waals surface area contributed by atoms with Crippen molar-refractivity contribution in [2.75, 3.05) is 0 Å². The van der Waals surface area contributed by atoms with Crippen LogP contribution in [-0.4, -0.2) is 33.6 Å². The Kier molecular flexibility index (Phi) is 6.97. The van der Waals surface area contributed by atoms with Gasteiger partial charge in [0.15, 0.2) is 0 Å². The van der Waals surface area contributed by atoms with Gasteiger partial charge >= 0.3 is 0 Å². The molecule has 1 aliphatic heterocycles. The minimum Gasteiger partial charge on any atom is -0.249 e. The minimum atomic E-state index is -4.21. The van der Waals surface area contributed by atoms with Gasteiger partial charge in [0.1, 0.15) is 0 Å². The van der Waals surface area contributed by atoms with Crippen LogP contribution in [0.2, 0.25) is 0 Å². The highest BCUT2D eigenvalue weighted by Gasteiger charge is 2.44. The summed E-state index contributed by atoms with van der Waals surface area (Å²) in [5.74, 6) is 0. The van der Waals surface area contributed by atoms with Crippen molar-refractivity contribution in [1.29, 1.82) is 0 Å². The van der Waals surface area contributed by atoms with E-state index in [4.69, 9.17) is 0 Å². The first kappa shape index (κ1) is 24.6. The third-order valence-electron chi connectivity index (χ3n) is 4.89. The van der Waals surface area contributed by atoms with Gasteiger partial charge in [0.25, 0.3) is 20.0 Å². The molecule has 0 N–H and O–H groups in total. The lowest BCUT2D eigenvalue weighted by atomic mass is 10.2. The lowest BCUT2D eigenvalue weighted by molar-refractivity contribution is 0.564. The van der Waals surface area contributed by atoms with Crippen molar-refractivity contribution in [3.05, 3.63) is 95.6 Å². The fraction of sp³-hybridized carbons (Fsp3) is 0.136. The summed E-state index contributed by atoms with van der Waals surface area (Å²) >= 11 is -1.73. The van der Waals surface area contributed by atoms with E-state index in [9.17, 15) is 21.0 Å². The number of rotatable bonds is 6. The normalized spacial score (nSPS) is 18.5. The van der Waals surface area contributed by atoms with Crippen LogP contribution in [0.4, 0.5) is 0 Å². The minimum absolute atomic E-state index is 0.00260. The van der Waals surface area contributed by atoms with E-state index in [0.29, 0.717) is 20.6 Å². The highest BCUT2D eigenvalue weighted by Crippen LogP contribution is 2.37. The number of hydrogen-bond donors (Lipinski definition) is 0. The summed E-state index contributed by atoms with van der Waals surface area (Å²) in [6, 6.07) is 21.1. The molecule has 0 aromatic heterocycles. The Bertz CT molecular complexity index is 1460. The van der Waals surface area contributed by atoms with Gasteiger partial charge in [-0.05, 0) is 46.8 Å². The number of aryl methyl sites for hydroxylation is 2. The van der Waals surface area contributed by atoms with Gasteiger partial charge in [0.05, 0.1) is 16.3 Å². The van der Waals surface area contributed by atoms with Crippen LogP contribution in [0.1, 0.15) is 16.7 Å². The molecule has 0 saturated carbocycles. The first-order valence-electron chi connectivity index (χ1n) is 10.0. The molecule has 12 heteroatoms. The molecule has 1 heterocycles. The molecule has 0 aliphatic carbocycles. The smallest absolute Gasteiger partial charge is 0.249 e. The molecule has 3 aromatic rings. The fourth-order valence-electron chi connectivity index (χ4n) is 3.02. The van der Waals surface area contributed by atoms with Gasteiger partial charge in [-0.25, -0.2) is 16.9 Å². The van der Waals surface area contributed by atoms with E-state index in [0.717, 1.165) is 15.4 Å². The molecule has 1 saturated heterocycles. The van der Waals surface area contributed by atoms with Gasteiger partial charge in [-0.2, -0.15) is 8.42 Å². The third kappa shape index (κ3) is 5.10. The molecule has 1 aliphatic rings. The molecular formula is C22H21N3O5S4. The molecular weight excluding hydrogens is 515 g/mol. The van der Waals surface area contributed by atoms with Crippen LogP contribution in [0.5, 0.6) is 0 Å². The molecule has 0 spiro atoms. The zero-order chi connectivity index (χ0) is 24.5. The second-order valence-electron chi connectivity index (χ2n) is 7.52. The molecule has 1 atom stereocenters. The number of amidine groups is 1. The SMILES string of the molecule is Cc1ccc(S(=O)(=O)N=C2SN(S(=O)(=O)c3ccc(C)cc3)[S@](=O)N2Cc2ccccc2)cc1. The lowest BCUT2D eigenvalue weighted by Crippen LogP contribution is -2.31. The van der Waals surface area contributed by atoms with Crippen molar-refractivity contribution in [1.82, 2.24) is 7.42 Å². The molecule has 8 nitrogen and oxygen atoms in total. The Balaban J connectivity index is 1.76. The molecule has 34 heavy (non-hydrogen) atoms. The molecule has 0 bridgehead atoms. The first-order chi connectivity index (χ1) is 16.1. The summed E-state index contributed by atoms with van der Waals surface area (Å²) in [5.41, 5.74) is 2.46. The number of sulfonamides is 2. The second-order valence-corrected chi connectivity index (χ2v) is 13.8. The van der Waals surface area contributed by atoms with Crippen LogP contribution in [0.25, 0.3) is 0 Å². The summed E-state index contributed by atoms with van der Waals surface area (Å²) in [6.45, 7) is 3.65.